The normalized spacial score (nSPS) is 13.4. The number of hydrogen-bond donors (Lipinski definition) is 0. The summed E-state index contributed by atoms with van der Waals surface area (Å²) in [7, 11) is 0. The summed E-state index contributed by atoms with van der Waals surface area (Å²) >= 11 is 0. The molecule has 0 spiro atoms. The molecule has 0 aliphatic carbocycles. The van der Waals surface area contributed by atoms with Gasteiger partial charge in [-0.05, 0) is 18.8 Å². The van der Waals surface area contributed by atoms with Crippen molar-refractivity contribution in [2.75, 3.05) is 0 Å². The van der Waals surface area contributed by atoms with Crippen molar-refractivity contribution in [3.05, 3.63) is 0 Å². The van der Waals surface area contributed by atoms with E-state index in [9.17, 15) is 9.59 Å². The molecule has 2 nitrogen and oxygen atoms in total. The molecule has 0 saturated carbocycles. The molecule has 0 N–H and O–H groups in total. The van der Waals surface area contributed by atoms with Gasteiger partial charge in [-0.3, -0.25) is 9.59 Å². The Hall–Kier alpha value is -0.660. The minimum Gasteiger partial charge on any atom is -0.300 e. The lowest BCUT2D eigenvalue weighted by molar-refractivity contribution is -0.128. The molecule has 0 radical (unpaired) electrons. The molecule has 0 saturated heterocycles. The highest BCUT2D eigenvalue weighted by atomic mass is 16.1. The van der Waals surface area contributed by atoms with E-state index in [1.54, 1.807) is 6.92 Å². The van der Waals surface area contributed by atoms with Gasteiger partial charge in [0, 0.05) is 18.8 Å². The molecular formula is C12H22O2. The Kier molecular flexibility index (Phi) is 5.66. The number of carbonyl (C=O) groups is 2. The van der Waals surface area contributed by atoms with Gasteiger partial charge in [-0.15, -0.1) is 0 Å². The Labute approximate surface area is 87.1 Å². The van der Waals surface area contributed by atoms with Crippen molar-refractivity contribution in [1.82, 2.24) is 0 Å². The smallest absolute Gasteiger partial charge is 0.133 e. The van der Waals surface area contributed by atoms with Gasteiger partial charge < -0.3 is 0 Å². The maximum atomic E-state index is 11.5. The second-order valence-corrected chi connectivity index (χ2v) is 4.80. The average Bonchev–Trinajstić information content (AvgIpc) is 1.97. The fraction of sp³-hybridized carbons (Fsp3) is 0.833. The first-order valence-corrected chi connectivity index (χ1v) is 5.36. The highest BCUT2D eigenvalue weighted by Gasteiger charge is 2.21. The molecule has 82 valence electrons. The first-order valence-electron chi connectivity index (χ1n) is 5.36. The monoisotopic (exact) mass is 198 g/mol. The molecule has 0 aliphatic heterocycles. The Morgan fingerprint density at radius 2 is 1.50 bits per heavy atom. The Morgan fingerprint density at radius 1 is 1.00 bits per heavy atom. The molecule has 14 heavy (non-hydrogen) atoms. The number of rotatable bonds is 6. The number of carbonyl (C=O) groups excluding carboxylic acids is 2. The molecule has 1 unspecified atom stereocenters. The van der Waals surface area contributed by atoms with E-state index >= 15 is 0 Å². The van der Waals surface area contributed by atoms with E-state index < -0.39 is 0 Å². The van der Waals surface area contributed by atoms with Crippen LogP contribution in [-0.2, 0) is 9.59 Å². The van der Waals surface area contributed by atoms with Crippen LogP contribution in [-0.4, -0.2) is 11.6 Å². The minimum atomic E-state index is -0.0822. The fourth-order valence-electron chi connectivity index (χ4n) is 1.63. The van der Waals surface area contributed by atoms with Crippen LogP contribution in [0.25, 0.3) is 0 Å². The lowest BCUT2D eigenvalue weighted by atomic mass is 9.86. The summed E-state index contributed by atoms with van der Waals surface area (Å²) in [5.74, 6) is 0.929. The van der Waals surface area contributed by atoms with Crippen molar-refractivity contribution < 1.29 is 9.59 Å². The zero-order chi connectivity index (χ0) is 11.3. The first kappa shape index (κ1) is 13.3. The second kappa shape index (κ2) is 5.94. The van der Waals surface area contributed by atoms with Crippen LogP contribution in [0.2, 0.25) is 0 Å². The van der Waals surface area contributed by atoms with Gasteiger partial charge in [-0.2, -0.15) is 0 Å². The van der Waals surface area contributed by atoms with Crippen molar-refractivity contribution in [2.24, 2.45) is 17.8 Å². The maximum Gasteiger partial charge on any atom is 0.133 e. The number of ketones is 2. The summed E-state index contributed by atoms with van der Waals surface area (Å²) in [6.45, 7) is 9.61. The molecule has 0 bridgehead atoms. The molecule has 0 aliphatic rings. The minimum absolute atomic E-state index is 0.0822. The zero-order valence-corrected chi connectivity index (χ0v) is 9.96. The number of hydrogen-bond acceptors (Lipinski definition) is 2. The largest absolute Gasteiger partial charge is 0.300 e. The average molecular weight is 198 g/mol. The molecule has 0 heterocycles. The van der Waals surface area contributed by atoms with E-state index in [0.29, 0.717) is 18.8 Å². The van der Waals surface area contributed by atoms with Gasteiger partial charge in [0.05, 0.1) is 0 Å². The van der Waals surface area contributed by atoms with E-state index in [2.05, 4.69) is 0 Å². The highest BCUT2D eigenvalue weighted by molar-refractivity contribution is 5.86. The lowest BCUT2D eigenvalue weighted by Crippen LogP contribution is -2.21. The van der Waals surface area contributed by atoms with Gasteiger partial charge in [0.2, 0.25) is 0 Å². The SMILES string of the molecule is CC(=O)C(CC(=O)CC(C)C)C(C)C. The Bertz CT molecular complexity index is 204. The van der Waals surface area contributed by atoms with Crippen LogP contribution >= 0.6 is 0 Å². The third kappa shape index (κ3) is 5.15. The van der Waals surface area contributed by atoms with Gasteiger partial charge in [-0.25, -0.2) is 0 Å². The summed E-state index contributed by atoms with van der Waals surface area (Å²) in [4.78, 5) is 22.8. The predicted octanol–water partition coefficient (Wildman–Crippen LogP) is 2.85. The van der Waals surface area contributed by atoms with E-state index in [4.69, 9.17) is 0 Å². The molecule has 0 fully saturated rings. The molecule has 0 aromatic carbocycles. The second-order valence-electron chi connectivity index (χ2n) is 4.80. The molecule has 0 amide bonds. The third-order valence-corrected chi connectivity index (χ3v) is 2.41. The van der Waals surface area contributed by atoms with E-state index in [0.717, 1.165) is 0 Å². The summed E-state index contributed by atoms with van der Waals surface area (Å²) in [5, 5.41) is 0. The van der Waals surface area contributed by atoms with Crippen LogP contribution in [0, 0.1) is 17.8 Å². The highest BCUT2D eigenvalue weighted by Crippen LogP contribution is 2.18. The number of Topliss-reactive ketones (excluding diaryl/α,β-unsaturated/α-hetero) is 2. The summed E-state index contributed by atoms with van der Waals surface area (Å²) < 4.78 is 0. The summed E-state index contributed by atoms with van der Waals surface area (Å²) in [5.41, 5.74) is 0. The van der Waals surface area contributed by atoms with Crippen LogP contribution in [0.5, 0.6) is 0 Å². The van der Waals surface area contributed by atoms with Crippen LogP contribution in [0.4, 0.5) is 0 Å². The van der Waals surface area contributed by atoms with Gasteiger partial charge in [-0.1, -0.05) is 27.7 Å². The molecule has 1 atom stereocenters. The van der Waals surface area contributed by atoms with Crippen LogP contribution in [0.15, 0.2) is 0 Å². The molecular weight excluding hydrogens is 176 g/mol. The topological polar surface area (TPSA) is 34.1 Å². The van der Waals surface area contributed by atoms with Gasteiger partial charge >= 0.3 is 0 Å². The van der Waals surface area contributed by atoms with Gasteiger partial charge in [0.1, 0.15) is 11.6 Å². The molecule has 0 aromatic heterocycles. The van der Waals surface area contributed by atoms with Crippen LogP contribution in [0.3, 0.4) is 0 Å². The van der Waals surface area contributed by atoms with E-state index in [1.165, 1.54) is 0 Å². The summed E-state index contributed by atoms with van der Waals surface area (Å²) in [6, 6.07) is 0. The van der Waals surface area contributed by atoms with Crippen molar-refractivity contribution in [3.63, 3.8) is 0 Å². The van der Waals surface area contributed by atoms with E-state index in [-0.39, 0.29) is 23.4 Å². The van der Waals surface area contributed by atoms with Crippen LogP contribution < -0.4 is 0 Å². The predicted molar refractivity (Wildman–Crippen MR) is 58.1 cm³/mol. The molecule has 0 aromatic rings. The summed E-state index contributed by atoms with van der Waals surface area (Å²) in [6.07, 6.45) is 1.02. The zero-order valence-electron chi connectivity index (χ0n) is 9.96. The first-order chi connectivity index (χ1) is 6.34. The lowest BCUT2D eigenvalue weighted by Gasteiger charge is -2.17. The fourth-order valence-corrected chi connectivity index (χ4v) is 1.63. The third-order valence-electron chi connectivity index (χ3n) is 2.41. The van der Waals surface area contributed by atoms with Crippen LogP contribution in [0.1, 0.15) is 47.5 Å². The van der Waals surface area contributed by atoms with Crippen molar-refractivity contribution >= 4 is 11.6 Å². The van der Waals surface area contributed by atoms with Crippen molar-refractivity contribution in [2.45, 2.75) is 47.5 Å². The van der Waals surface area contributed by atoms with Gasteiger partial charge in [0.15, 0.2) is 0 Å². The van der Waals surface area contributed by atoms with Crippen molar-refractivity contribution in [3.8, 4) is 0 Å². The molecule has 0 rings (SSSR count). The van der Waals surface area contributed by atoms with E-state index in [1.807, 2.05) is 27.7 Å². The Balaban J connectivity index is 4.17. The molecule has 2 heteroatoms. The standard InChI is InChI=1S/C12H22O2/c1-8(2)6-11(14)7-12(9(3)4)10(5)13/h8-9,12H,6-7H2,1-5H3. The van der Waals surface area contributed by atoms with Gasteiger partial charge in [0.25, 0.3) is 0 Å². The quantitative estimate of drug-likeness (QED) is 0.657. The van der Waals surface area contributed by atoms with Crippen molar-refractivity contribution in [1.29, 1.82) is 0 Å². The maximum absolute atomic E-state index is 11.5. The Morgan fingerprint density at radius 3 is 1.79 bits per heavy atom.